The molecule has 12 N–H and O–H groups in total. The molecule has 0 aromatic heterocycles. The first kappa shape index (κ1) is 62.1. The second-order valence-corrected chi connectivity index (χ2v) is 17.0. The molecule has 3 aliphatic carbocycles. The van der Waals surface area contributed by atoms with Gasteiger partial charge in [0.15, 0.2) is 0 Å². The topological polar surface area (TPSA) is 282 Å². The van der Waals surface area contributed by atoms with Gasteiger partial charge in [0.05, 0.1) is 14.8 Å². The van der Waals surface area contributed by atoms with Crippen molar-refractivity contribution in [1.82, 2.24) is 0 Å². The van der Waals surface area contributed by atoms with E-state index in [1.807, 2.05) is 48.5 Å². The normalized spacial score (nSPS) is 19.8. The van der Waals surface area contributed by atoms with Gasteiger partial charge in [0.1, 0.15) is 5.82 Å². The van der Waals surface area contributed by atoms with Crippen molar-refractivity contribution in [1.29, 1.82) is 0 Å². The van der Waals surface area contributed by atoms with Crippen molar-refractivity contribution < 1.29 is 19.2 Å². The lowest BCUT2D eigenvalue weighted by Crippen LogP contribution is -2.35. The van der Waals surface area contributed by atoms with Gasteiger partial charge < -0.3 is 44.2 Å². The van der Waals surface area contributed by atoms with Gasteiger partial charge in [-0.1, -0.05) is 6.42 Å². The molecule has 5 aromatic rings. The van der Waals surface area contributed by atoms with Crippen molar-refractivity contribution in [3.05, 3.63) is 157 Å². The summed E-state index contributed by atoms with van der Waals surface area (Å²) in [6.07, 6.45) is 13.4. The van der Waals surface area contributed by atoms with Crippen LogP contribution in [0.15, 0.2) is 121 Å². The van der Waals surface area contributed by atoms with Crippen LogP contribution < -0.4 is 44.2 Å². The Labute approximate surface area is 433 Å². The molecule has 3 aliphatic rings. The standard InChI is InChI=1S/C18H20N4O4.C18H24N4.C6H4FNO2.C6H14N2.4ClH/c23-21(24)17-8-4-13(5-9-17)19-15-2-1-3-16(12-15)20-14-6-10-18(11-7-14)22(25)26;19-13-4-8-15(9-5-13)21-17-2-1-3-18(12-17)22-16-10-6-14(20)7-11-16;7-5-1-3-6(4-2-5)8(9)10;7-5-2-1-3-6(8)4-5;;;;/h4-11,15-16,19-20H,1-3,12H2;4-11,17-18,21-22H,1-3,12,19-20H2;1-4H;5-6H,1-4,7-8H2;4*1H. The van der Waals surface area contributed by atoms with Crippen LogP contribution in [-0.2, 0) is 0 Å². The van der Waals surface area contributed by atoms with E-state index in [2.05, 4.69) is 21.3 Å². The lowest BCUT2D eigenvalue weighted by molar-refractivity contribution is -0.385. The van der Waals surface area contributed by atoms with Crippen LogP contribution >= 0.6 is 49.6 Å². The predicted octanol–water partition coefficient (Wildman–Crippen LogP) is 11.7. The number of benzene rings is 5. The highest BCUT2D eigenvalue weighted by atomic mass is 35.5. The molecule has 0 radical (unpaired) electrons. The van der Waals surface area contributed by atoms with E-state index in [4.69, 9.17) is 22.9 Å². The number of hydrogen-bond donors (Lipinski definition) is 8. The Morgan fingerprint density at radius 2 is 0.643 bits per heavy atom. The third-order valence-electron chi connectivity index (χ3n) is 11.6. The Kier molecular flexibility index (Phi) is 28.5. The van der Waals surface area contributed by atoms with Gasteiger partial charge in [-0.15, -0.1) is 49.6 Å². The van der Waals surface area contributed by atoms with E-state index in [0.29, 0.717) is 24.2 Å². The molecule has 6 unspecified atom stereocenters. The molecule has 5 aromatic carbocycles. The van der Waals surface area contributed by atoms with Crippen LogP contribution in [0.1, 0.15) is 77.0 Å². The van der Waals surface area contributed by atoms with Gasteiger partial charge in [0, 0.05) is 107 Å². The second kappa shape index (κ2) is 32.1. The number of nitrogens with one attached hydrogen (secondary N) is 4. The molecule has 0 amide bonds. The van der Waals surface area contributed by atoms with Gasteiger partial charge in [-0.3, -0.25) is 30.3 Å². The van der Waals surface area contributed by atoms with Gasteiger partial charge in [-0.05, 0) is 156 Å². The number of nitro benzene ring substituents is 3. The number of halogens is 5. The Morgan fingerprint density at radius 1 is 0.400 bits per heavy atom. The number of rotatable bonds is 11. The first-order chi connectivity index (χ1) is 31.7. The molecule has 6 atom stereocenters. The predicted molar refractivity (Wildman–Crippen MR) is 291 cm³/mol. The maximum absolute atomic E-state index is 12.1. The average Bonchev–Trinajstić information content (AvgIpc) is 3.29. The average molecular weight is 1050 g/mol. The van der Waals surface area contributed by atoms with Crippen molar-refractivity contribution in [3.8, 4) is 0 Å². The summed E-state index contributed by atoms with van der Waals surface area (Å²) in [4.78, 5) is 30.0. The van der Waals surface area contributed by atoms with Crippen molar-refractivity contribution in [2.24, 2.45) is 11.5 Å². The van der Waals surface area contributed by atoms with E-state index < -0.39 is 20.6 Å². The van der Waals surface area contributed by atoms with Crippen molar-refractivity contribution in [2.45, 2.75) is 113 Å². The molecule has 0 saturated heterocycles. The van der Waals surface area contributed by atoms with Crippen LogP contribution in [0.4, 0.5) is 55.6 Å². The molecule has 0 aliphatic heterocycles. The van der Waals surface area contributed by atoms with Crippen molar-refractivity contribution in [2.75, 3.05) is 32.7 Å². The number of anilines is 6. The highest BCUT2D eigenvalue weighted by molar-refractivity contribution is 5.86. The Bertz CT molecular complexity index is 2150. The first-order valence-corrected chi connectivity index (χ1v) is 22.4. The lowest BCUT2D eigenvalue weighted by Gasteiger charge is -2.31. The minimum Gasteiger partial charge on any atom is -0.399 e. The molecule has 3 saturated carbocycles. The summed E-state index contributed by atoms with van der Waals surface area (Å²) in [6, 6.07) is 35.5. The number of nitro groups is 3. The monoisotopic (exact) mass is 1050 g/mol. The van der Waals surface area contributed by atoms with Crippen LogP contribution in [0.5, 0.6) is 0 Å². The highest BCUT2D eigenvalue weighted by Gasteiger charge is 2.23. The second-order valence-electron chi connectivity index (χ2n) is 17.0. The SMILES string of the molecule is Cl.Cl.Cl.Cl.NC1CCCC(N)C1.Nc1ccc(NC2CCCC(Nc3ccc(N)cc3)C2)cc1.O=[N+]([O-])c1ccc(F)cc1.O=[N+]([O-])c1ccc(NC2CCCC(Nc3ccc([N+](=O)[O-])cc3)C2)cc1. The third-order valence-corrected chi connectivity index (χ3v) is 11.6. The van der Waals surface area contributed by atoms with Crippen molar-refractivity contribution >= 4 is 101 Å². The fourth-order valence-electron chi connectivity index (χ4n) is 8.19. The molecule has 384 valence electrons. The number of non-ortho nitro benzene ring substituents is 3. The van der Waals surface area contributed by atoms with Gasteiger partial charge in [0.25, 0.3) is 17.1 Å². The van der Waals surface area contributed by atoms with E-state index in [1.54, 1.807) is 24.3 Å². The van der Waals surface area contributed by atoms with Crippen LogP contribution in [0.2, 0.25) is 0 Å². The van der Waals surface area contributed by atoms with E-state index in [1.165, 1.54) is 62.8 Å². The molecule has 70 heavy (non-hydrogen) atoms. The number of nitrogen functional groups attached to an aromatic ring is 2. The van der Waals surface area contributed by atoms with E-state index in [-0.39, 0.29) is 78.8 Å². The molecule has 17 nitrogen and oxygen atoms in total. The summed E-state index contributed by atoms with van der Waals surface area (Å²) in [5, 5.41) is 45.5. The Hall–Kier alpha value is -5.89. The first-order valence-electron chi connectivity index (χ1n) is 22.4. The van der Waals surface area contributed by atoms with E-state index in [0.717, 1.165) is 96.9 Å². The van der Waals surface area contributed by atoms with Gasteiger partial charge in [-0.2, -0.15) is 0 Å². The molecular weight excluding hydrogens is 987 g/mol. The Morgan fingerprint density at radius 3 is 0.886 bits per heavy atom. The maximum atomic E-state index is 12.1. The lowest BCUT2D eigenvalue weighted by atomic mass is 9.90. The van der Waals surface area contributed by atoms with Crippen LogP contribution in [0, 0.1) is 36.2 Å². The zero-order valence-electron chi connectivity index (χ0n) is 38.6. The Balaban J connectivity index is 0.000000501. The maximum Gasteiger partial charge on any atom is 0.269 e. The summed E-state index contributed by atoms with van der Waals surface area (Å²) in [5.41, 5.74) is 28.5. The molecule has 0 spiro atoms. The van der Waals surface area contributed by atoms with E-state index in [9.17, 15) is 34.7 Å². The van der Waals surface area contributed by atoms with E-state index >= 15 is 0 Å². The summed E-state index contributed by atoms with van der Waals surface area (Å²) < 4.78 is 12.1. The third kappa shape index (κ3) is 22.2. The summed E-state index contributed by atoms with van der Waals surface area (Å²) >= 11 is 0. The summed E-state index contributed by atoms with van der Waals surface area (Å²) in [5.74, 6) is -0.467. The minimum atomic E-state index is -0.570. The van der Waals surface area contributed by atoms with Crippen LogP contribution in [-0.4, -0.2) is 51.0 Å². The number of nitrogens with two attached hydrogens (primary N) is 4. The van der Waals surface area contributed by atoms with Gasteiger partial charge in [-0.25, -0.2) is 4.39 Å². The zero-order chi connectivity index (χ0) is 47.4. The smallest absolute Gasteiger partial charge is 0.269 e. The van der Waals surface area contributed by atoms with Gasteiger partial charge >= 0.3 is 0 Å². The zero-order valence-corrected chi connectivity index (χ0v) is 41.9. The molecule has 3 fully saturated rings. The largest absolute Gasteiger partial charge is 0.399 e. The highest BCUT2D eigenvalue weighted by Crippen LogP contribution is 2.28. The summed E-state index contributed by atoms with van der Waals surface area (Å²) in [7, 11) is 0. The fourth-order valence-corrected chi connectivity index (χ4v) is 8.19. The molecule has 22 heteroatoms. The number of hydrogen-bond acceptors (Lipinski definition) is 14. The fraction of sp³-hybridized carbons (Fsp3) is 0.375. The van der Waals surface area contributed by atoms with Gasteiger partial charge in [0.2, 0.25) is 0 Å². The molecular formula is C48H66Cl4FN11O6. The minimum absolute atomic E-state index is 0. The molecule has 8 rings (SSSR count). The number of nitrogens with zero attached hydrogens (tertiary/aromatic N) is 3. The van der Waals surface area contributed by atoms with Crippen molar-refractivity contribution in [3.63, 3.8) is 0 Å². The quantitative estimate of drug-likeness (QED) is 0.0347. The molecule has 0 bridgehead atoms. The van der Waals surface area contributed by atoms with Crippen LogP contribution in [0.3, 0.4) is 0 Å². The summed E-state index contributed by atoms with van der Waals surface area (Å²) in [6.45, 7) is 0. The van der Waals surface area contributed by atoms with Crippen LogP contribution in [0.25, 0.3) is 0 Å². The molecule has 0 heterocycles.